The van der Waals surface area contributed by atoms with E-state index in [4.69, 9.17) is 9.84 Å². The highest BCUT2D eigenvalue weighted by molar-refractivity contribution is 14.1. The van der Waals surface area contributed by atoms with Crippen LogP contribution >= 0.6 is 38.5 Å². The van der Waals surface area contributed by atoms with Gasteiger partial charge < -0.3 is 9.84 Å². The summed E-state index contributed by atoms with van der Waals surface area (Å²) in [6.07, 6.45) is 0. The van der Waals surface area contributed by atoms with Crippen molar-refractivity contribution >= 4 is 50.2 Å². The third-order valence-corrected chi connectivity index (χ3v) is 4.04. The first-order valence-corrected chi connectivity index (χ1v) is 7.40. The largest absolute Gasteiger partial charge is 0.478 e. The van der Waals surface area contributed by atoms with E-state index >= 15 is 0 Å². The van der Waals surface area contributed by atoms with Crippen LogP contribution in [0.15, 0.2) is 40.9 Å². The molecule has 0 saturated heterocycles. The van der Waals surface area contributed by atoms with Gasteiger partial charge in [0.1, 0.15) is 11.5 Å². The molecule has 0 aliphatic carbocycles. The van der Waals surface area contributed by atoms with Gasteiger partial charge in [-0.15, -0.1) is 0 Å². The normalized spacial score (nSPS) is 10.2. The molecule has 2 rings (SSSR count). The molecule has 0 amide bonds. The smallest absolute Gasteiger partial charge is 0.335 e. The molecular weight excluding hydrogens is 457 g/mol. The Morgan fingerprint density at radius 3 is 2.52 bits per heavy atom. The number of non-ortho nitro benzene ring substituents is 1. The van der Waals surface area contributed by atoms with E-state index in [0.717, 1.165) is 3.57 Å². The molecule has 0 unspecified atom stereocenters. The van der Waals surface area contributed by atoms with Gasteiger partial charge >= 0.3 is 5.97 Å². The quantitative estimate of drug-likeness (QED) is 0.411. The minimum Gasteiger partial charge on any atom is -0.478 e. The Kier molecular flexibility index (Phi) is 4.78. The molecule has 0 aliphatic rings. The lowest BCUT2D eigenvalue weighted by Gasteiger charge is -2.10. The van der Waals surface area contributed by atoms with Crippen LogP contribution in [-0.4, -0.2) is 16.0 Å². The van der Waals surface area contributed by atoms with Crippen molar-refractivity contribution in [3.8, 4) is 11.5 Å². The Labute approximate surface area is 141 Å². The van der Waals surface area contributed by atoms with Crippen molar-refractivity contribution < 1.29 is 19.6 Å². The first-order valence-electron chi connectivity index (χ1n) is 5.53. The lowest BCUT2D eigenvalue weighted by Crippen LogP contribution is -1.98. The van der Waals surface area contributed by atoms with Crippen molar-refractivity contribution in [2.75, 3.05) is 0 Å². The standard InChI is InChI=1S/C13H7BrINO5/c14-9-6-8(16(19)20)2-4-11(9)21-12-5-7(13(17)18)1-3-10(12)15/h1-6H,(H,17,18). The number of carboxylic acid groups (broad SMARTS) is 1. The maximum absolute atomic E-state index is 11.0. The van der Waals surface area contributed by atoms with Gasteiger partial charge in [0.2, 0.25) is 0 Å². The number of nitro benzene ring substituents is 1. The number of hydrogen-bond acceptors (Lipinski definition) is 4. The van der Waals surface area contributed by atoms with Crippen molar-refractivity contribution in [2.24, 2.45) is 0 Å². The number of ether oxygens (including phenoxy) is 1. The van der Waals surface area contributed by atoms with Crippen LogP contribution in [0, 0.1) is 13.7 Å². The third kappa shape index (κ3) is 3.70. The van der Waals surface area contributed by atoms with E-state index in [2.05, 4.69) is 15.9 Å². The fourth-order valence-electron chi connectivity index (χ4n) is 1.52. The van der Waals surface area contributed by atoms with Gasteiger partial charge in [-0.1, -0.05) is 0 Å². The monoisotopic (exact) mass is 463 g/mol. The number of benzene rings is 2. The third-order valence-electron chi connectivity index (χ3n) is 2.52. The van der Waals surface area contributed by atoms with Crippen LogP contribution in [0.2, 0.25) is 0 Å². The van der Waals surface area contributed by atoms with Crippen LogP contribution in [-0.2, 0) is 0 Å². The fraction of sp³-hybridized carbons (Fsp3) is 0. The summed E-state index contributed by atoms with van der Waals surface area (Å²) in [5.41, 5.74) is 0.0339. The molecule has 0 atom stereocenters. The zero-order valence-corrected chi connectivity index (χ0v) is 14.0. The second-order valence-corrected chi connectivity index (χ2v) is 5.94. The van der Waals surface area contributed by atoms with Gasteiger partial charge in [-0.3, -0.25) is 10.1 Å². The molecule has 0 aromatic heterocycles. The molecule has 8 heteroatoms. The number of aromatic carboxylic acids is 1. The first-order chi connectivity index (χ1) is 9.88. The fourth-order valence-corrected chi connectivity index (χ4v) is 2.41. The van der Waals surface area contributed by atoms with Gasteiger partial charge in [-0.25, -0.2) is 4.79 Å². The topological polar surface area (TPSA) is 89.7 Å². The van der Waals surface area contributed by atoms with E-state index < -0.39 is 10.9 Å². The first kappa shape index (κ1) is 15.7. The summed E-state index contributed by atoms with van der Waals surface area (Å²) < 4.78 is 6.76. The van der Waals surface area contributed by atoms with E-state index in [9.17, 15) is 14.9 Å². The Hall–Kier alpha value is -1.68. The SMILES string of the molecule is O=C(O)c1ccc(I)c(Oc2ccc([N+](=O)[O-])cc2Br)c1. The van der Waals surface area contributed by atoms with Crippen molar-refractivity contribution in [3.63, 3.8) is 0 Å². The van der Waals surface area contributed by atoms with Gasteiger partial charge in [-0.2, -0.15) is 0 Å². The molecule has 108 valence electrons. The van der Waals surface area contributed by atoms with E-state index in [1.54, 1.807) is 6.07 Å². The molecule has 0 fully saturated rings. The van der Waals surface area contributed by atoms with Crippen LogP contribution in [0.4, 0.5) is 5.69 Å². The number of rotatable bonds is 4. The highest BCUT2D eigenvalue weighted by atomic mass is 127. The molecule has 2 aromatic rings. The van der Waals surface area contributed by atoms with E-state index in [1.165, 1.54) is 30.3 Å². The summed E-state index contributed by atoms with van der Waals surface area (Å²) in [4.78, 5) is 21.1. The Balaban J connectivity index is 2.36. The molecule has 1 N–H and O–H groups in total. The number of carboxylic acids is 1. The number of hydrogen-bond donors (Lipinski definition) is 1. The van der Waals surface area contributed by atoms with Crippen molar-refractivity contribution in [1.29, 1.82) is 0 Å². The second-order valence-electron chi connectivity index (χ2n) is 3.92. The van der Waals surface area contributed by atoms with E-state index in [0.29, 0.717) is 16.0 Å². The van der Waals surface area contributed by atoms with Crippen molar-refractivity contribution in [2.45, 2.75) is 0 Å². The highest BCUT2D eigenvalue weighted by Gasteiger charge is 2.13. The number of carbonyl (C=O) groups is 1. The molecular formula is C13H7BrINO5. The lowest BCUT2D eigenvalue weighted by atomic mass is 10.2. The molecule has 0 radical (unpaired) electrons. The number of nitrogens with zero attached hydrogens (tertiary/aromatic N) is 1. The Morgan fingerprint density at radius 1 is 1.24 bits per heavy atom. The van der Waals surface area contributed by atoms with Crippen molar-refractivity contribution in [3.05, 3.63) is 60.1 Å². The molecule has 0 saturated carbocycles. The molecule has 21 heavy (non-hydrogen) atoms. The average Bonchev–Trinajstić information content (AvgIpc) is 2.42. The minimum atomic E-state index is -1.06. The molecule has 2 aromatic carbocycles. The zero-order valence-electron chi connectivity index (χ0n) is 10.2. The molecule has 0 spiro atoms. The number of halogens is 2. The van der Waals surface area contributed by atoms with Crippen LogP contribution in [0.5, 0.6) is 11.5 Å². The zero-order chi connectivity index (χ0) is 15.6. The molecule has 0 aliphatic heterocycles. The summed E-state index contributed by atoms with van der Waals surface area (Å²) in [7, 11) is 0. The van der Waals surface area contributed by atoms with Crippen LogP contribution in [0.1, 0.15) is 10.4 Å². The summed E-state index contributed by atoms with van der Waals surface area (Å²) in [6.45, 7) is 0. The van der Waals surface area contributed by atoms with E-state index in [1.807, 2.05) is 22.6 Å². The average molecular weight is 464 g/mol. The predicted molar refractivity (Wildman–Crippen MR) is 87.0 cm³/mol. The van der Waals surface area contributed by atoms with Gasteiger partial charge in [0.25, 0.3) is 5.69 Å². The summed E-state index contributed by atoms with van der Waals surface area (Å²) in [5.74, 6) is -0.329. The Morgan fingerprint density at radius 2 is 1.95 bits per heavy atom. The molecule has 0 bridgehead atoms. The highest BCUT2D eigenvalue weighted by Crippen LogP contribution is 2.34. The van der Waals surface area contributed by atoms with E-state index in [-0.39, 0.29) is 11.3 Å². The molecule has 6 nitrogen and oxygen atoms in total. The Bertz CT molecular complexity index is 734. The van der Waals surface area contributed by atoms with Gasteiger partial charge in [0.15, 0.2) is 0 Å². The van der Waals surface area contributed by atoms with Crippen LogP contribution in [0.3, 0.4) is 0 Å². The van der Waals surface area contributed by atoms with Crippen LogP contribution in [0.25, 0.3) is 0 Å². The number of nitro groups is 1. The van der Waals surface area contributed by atoms with Gasteiger partial charge in [-0.05, 0) is 62.8 Å². The predicted octanol–water partition coefficient (Wildman–Crippen LogP) is 4.45. The summed E-state index contributed by atoms with van der Waals surface area (Å²) >= 11 is 5.21. The molecule has 0 heterocycles. The second kappa shape index (κ2) is 6.39. The van der Waals surface area contributed by atoms with Gasteiger partial charge in [0, 0.05) is 12.1 Å². The van der Waals surface area contributed by atoms with Gasteiger partial charge in [0.05, 0.1) is 18.5 Å². The lowest BCUT2D eigenvalue weighted by molar-refractivity contribution is -0.384. The summed E-state index contributed by atoms with van der Waals surface area (Å²) in [6, 6.07) is 8.58. The maximum atomic E-state index is 11.0. The minimum absolute atomic E-state index is 0.0665. The summed E-state index contributed by atoms with van der Waals surface area (Å²) in [5, 5.41) is 19.7. The maximum Gasteiger partial charge on any atom is 0.335 e. The van der Waals surface area contributed by atoms with Crippen LogP contribution < -0.4 is 4.74 Å². The van der Waals surface area contributed by atoms with Crippen molar-refractivity contribution in [1.82, 2.24) is 0 Å².